The predicted molar refractivity (Wildman–Crippen MR) is 251 cm³/mol. The number of para-hydroxylation sites is 4. The van der Waals surface area contributed by atoms with Crippen LogP contribution in [0.2, 0.25) is 0 Å². The van der Waals surface area contributed by atoms with Gasteiger partial charge in [0.05, 0.1) is 11.4 Å². The number of fused-ring (bicyclic) bond motifs is 4. The van der Waals surface area contributed by atoms with Crippen LogP contribution >= 0.6 is 0 Å². The summed E-state index contributed by atoms with van der Waals surface area (Å²) in [6.07, 6.45) is 3.72. The van der Waals surface area contributed by atoms with Gasteiger partial charge in [0.15, 0.2) is 0 Å². The van der Waals surface area contributed by atoms with E-state index in [2.05, 4.69) is 201 Å². The second kappa shape index (κ2) is 16.0. The molecule has 0 bridgehead atoms. The average Bonchev–Trinajstić information content (AvgIpc) is 3.82. The van der Waals surface area contributed by atoms with E-state index in [4.69, 9.17) is 9.72 Å². The van der Waals surface area contributed by atoms with Crippen molar-refractivity contribution in [3.8, 4) is 62.2 Å². The van der Waals surface area contributed by atoms with Crippen LogP contribution in [0.1, 0.15) is 0 Å². The Morgan fingerprint density at radius 1 is 0.524 bits per heavy atom. The Labute approximate surface area is 375 Å². The first-order chi connectivity index (χ1) is 31.0. The van der Waals surface area contributed by atoms with Gasteiger partial charge in [0.2, 0.25) is 0 Å². The molecule has 63 heavy (non-hydrogen) atoms. The smallest absolute Gasteiger partial charge is 0.256 e. The van der Waals surface area contributed by atoms with Gasteiger partial charge in [-0.2, -0.15) is 0 Å². The number of anilines is 1. The number of ether oxygens (including phenoxy) is 1. The van der Waals surface area contributed by atoms with Crippen LogP contribution in [0.5, 0.6) is 11.5 Å². The van der Waals surface area contributed by atoms with E-state index in [1.54, 1.807) is 0 Å². The monoisotopic (exact) mass is 993 g/mol. The van der Waals surface area contributed by atoms with Gasteiger partial charge in [-0.05, 0) is 12.1 Å². The zero-order valence-corrected chi connectivity index (χ0v) is 36.7. The molecule has 4 heterocycles. The van der Waals surface area contributed by atoms with Crippen molar-refractivity contribution in [2.24, 2.45) is 0 Å². The third kappa shape index (κ3) is 6.78. The normalized spacial score (nSPS) is 11.4. The minimum atomic E-state index is 0.574. The second-order valence-electron chi connectivity index (χ2n) is 15.4. The fourth-order valence-electron chi connectivity index (χ4n) is 8.60. The molecule has 11 aromatic rings. The quantitative estimate of drug-likeness (QED) is 0.135. The molecule has 0 N–H and O–H groups in total. The van der Waals surface area contributed by atoms with E-state index in [-0.39, 0.29) is 0 Å². The first-order valence-electron chi connectivity index (χ1n) is 20.7. The zero-order valence-electron chi connectivity index (χ0n) is 34.4. The molecule has 306 valence electrons. The number of pyridine rings is 2. The molecular weight excluding hydrogens is 956 g/mol. The SMILES string of the molecule is CN(C)c1cc(-n2c3[c-]c(Oc4[c-]c(-n5[c](=[Pt])n(-c6c(-c7ccccc7)cccc6-c6ccccc6)c6ccccc65)ccc4)ccc3c3ccccc32)ncc1-c1ccccn1. The summed E-state index contributed by atoms with van der Waals surface area (Å²) in [6, 6.07) is 70.3. The molecule has 8 heteroatoms. The van der Waals surface area contributed by atoms with Crippen LogP contribution in [0, 0.1) is 15.9 Å². The Balaban J connectivity index is 1.03. The molecule has 7 nitrogen and oxygen atoms in total. The Bertz CT molecular complexity index is 3480. The van der Waals surface area contributed by atoms with Crippen molar-refractivity contribution in [3.63, 3.8) is 0 Å². The van der Waals surface area contributed by atoms with Crippen LogP contribution in [-0.2, 0) is 19.4 Å². The molecule has 0 aliphatic heterocycles. The number of imidazole rings is 1. The van der Waals surface area contributed by atoms with Crippen molar-refractivity contribution in [2.75, 3.05) is 19.0 Å². The van der Waals surface area contributed by atoms with Gasteiger partial charge < -0.3 is 4.90 Å². The summed E-state index contributed by atoms with van der Waals surface area (Å²) >= 11 is 2.47. The third-order valence-electron chi connectivity index (χ3n) is 11.4. The maximum atomic E-state index is 6.69. The van der Waals surface area contributed by atoms with Gasteiger partial charge in [-0.15, -0.1) is 0 Å². The molecule has 0 spiro atoms. The number of aromatic nitrogens is 5. The minimum absolute atomic E-state index is 0.574. The summed E-state index contributed by atoms with van der Waals surface area (Å²) in [4.78, 5) is 11.8. The van der Waals surface area contributed by atoms with E-state index in [1.807, 2.05) is 62.9 Å². The molecule has 0 unspecified atom stereocenters. The van der Waals surface area contributed by atoms with Crippen LogP contribution in [0.4, 0.5) is 5.69 Å². The van der Waals surface area contributed by atoms with Crippen LogP contribution < -0.4 is 9.64 Å². The number of hydrogen-bond donors (Lipinski definition) is 0. The maximum absolute atomic E-state index is 6.69. The van der Waals surface area contributed by atoms with Crippen LogP contribution in [0.25, 0.3) is 83.5 Å². The standard InChI is InChI=1S/C55H38N6O.Pt/c1-58(2)52-35-54(57-36-47(52)48-26-13-14-32-56-48)61-49-27-10-9-23-45(49)46-31-30-42(34-53(46)61)62-41-22-15-21-40(33-41)59-37-60(51-29-12-11-28-50(51)59)55-43(38-17-5-3-6-18-38)24-16-25-44(55)39-19-7-4-8-20-39;/h3-32,35-36H,1-2H3;/q-2;. The van der Waals surface area contributed by atoms with Gasteiger partial charge in [0.1, 0.15) is 0 Å². The molecule has 0 aliphatic carbocycles. The molecule has 0 fully saturated rings. The topological polar surface area (TPSA) is 53.0 Å². The first-order valence-corrected chi connectivity index (χ1v) is 21.8. The number of nitrogens with zero attached hydrogens (tertiary/aromatic N) is 6. The molecule has 7 aromatic carbocycles. The molecule has 4 aromatic heterocycles. The van der Waals surface area contributed by atoms with Gasteiger partial charge in [0, 0.05) is 32.1 Å². The van der Waals surface area contributed by atoms with Gasteiger partial charge in [-0.1, -0.05) is 18.2 Å². The van der Waals surface area contributed by atoms with E-state index in [0.717, 1.165) is 93.0 Å². The first kappa shape index (κ1) is 38.3. The van der Waals surface area contributed by atoms with Crippen molar-refractivity contribution in [1.29, 1.82) is 0 Å². The number of benzene rings is 7. The Morgan fingerprint density at radius 3 is 1.86 bits per heavy atom. The number of rotatable bonds is 9. The van der Waals surface area contributed by atoms with Crippen molar-refractivity contribution in [1.82, 2.24) is 23.7 Å². The average molecular weight is 994 g/mol. The molecule has 11 rings (SSSR count). The Hall–Kier alpha value is -7.60. The van der Waals surface area contributed by atoms with E-state index in [9.17, 15) is 0 Å². The Morgan fingerprint density at radius 2 is 1.16 bits per heavy atom. The van der Waals surface area contributed by atoms with Crippen molar-refractivity contribution < 1.29 is 24.1 Å². The minimum Gasteiger partial charge on any atom is -0.256 e. The summed E-state index contributed by atoms with van der Waals surface area (Å²) in [6.45, 7) is 0. The molecule has 0 saturated heterocycles. The fraction of sp³-hybridized carbons (Fsp3) is 0.0364. The summed E-state index contributed by atoms with van der Waals surface area (Å²) in [5, 5.41) is 2.17. The van der Waals surface area contributed by atoms with Crippen LogP contribution in [-0.4, -0.2) is 37.8 Å². The molecule has 0 atom stereocenters. The summed E-state index contributed by atoms with van der Waals surface area (Å²) in [5.41, 5.74) is 13.4. The van der Waals surface area contributed by atoms with Crippen molar-refractivity contribution in [3.05, 3.63) is 210 Å². The van der Waals surface area contributed by atoms with E-state index < -0.39 is 0 Å². The Kier molecular flexibility index (Phi) is 9.75. The molecule has 0 saturated carbocycles. The zero-order chi connectivity index (χ0) is 42.4. The van der Waals surface area contributed by atoms with Crippen LogP contribution in [0.3, 0.4) is 0 Å². The summed E-state index contributed by atoms with van der Waals surface area (Å²) in [5.74, 6) is 1.93. The van der Waals surface area contributed by atoms with Gasteiger partial charge >= 0.3 is 294 Å². The summed E-state index contributed by atoms with van der Waals surface area (Å²) in [7, 11) is 4.09. The molecule has 0 amide bonds. The summed E-state index contributed by atoms with van der Waals surface area (Å²) < 4.78 is 14.5. The molecular formula is C55H38N6OPt-2. The number of hydrogen-bond acceptors (Lipinski definition) is 4. The van der Waals surface area contributed by atoms with E-state index in [0.29, 0.717) is 11.5 Å². The third-order valence-corrected chi connectivity index (χ3v) is 12.4. The van der Waals surface area contributed by atoms with Gasteiger partial charge in [0.25, 0.3) is 0 Å². The van der Waals surface area contributed by atoms with Gasteiger partial charge in [-0.25, -0.2) is 0 Å². The second-order valence-corrected chi connectivity index (χ2v) is 16.5. The van der Waals surface area contributed by atoms with Crippen molar-refractivity contribution in [2.45, 2.75) is 0 Å². The van der Waals surface area contributed by atoms with E-state index >= 15 is 0 Å². The van der Waals surface area contributed by atoms with Crippen molar-refractivity contribution >= 4 is 38.5 Å². The van der Waals surface area contributed by atoms with Crippen LogP contribution in [0.15, 0.2) is 194 Å². The predicted octanol–water partition coefficient (Wildman–Crippen LogP) is 12.8. The van der Waals surface area contributed by atoms with Gasteiger partial charge in [-0.3, -0.25) is 4.98 Å². The molecule has 0 radical (unpaired) electrons. The van der Waals surface area contributed by atoms with E-state index in [1.165, 1.54) is 0 Å². The fourth-order valence-corrected chi connectivity index (χ4v) is 9.68. The molecule has 0 aliphatic rings.